The molecule has 0 spiro atoms. The fraction of sp³-hybridized carbons (Fsp3) is 0.643. The molecule has 0 saturated carbocycles. The van der Waals surface area contributed by atoms with Gasteiger partial charge in [-0.05, 0) is 12.3 Å². The molecule has 11 heteroatoms. The van der Waals surface area contributed by atoms with E-state index in [0.29, 0.717) is 0 Å². The molecule has 142 valence electrons. The lowest BCUT2D eigenvalue weighted by atomic mass is 10.0. The van der Waals surface area contributed by atoms with Crippen LogP contribution in [-0.4, -0.2) is 63.2 Å². The third-order valence-electron chi connectivity index (χ3n) is 3.06. The van der Waals surface area contributed by atoms with Gasteiger partial charge in [0.1, 0.15) is 12.1 Å². The number of amides is 2. The topological polar surface area (TPSA) is 196 Å². The zero-order valence-corrected chi connectivity index (χ0v) is 13.9. The second-order valence-corrected chi connectivity index (χ2v) is 5.89. The number of nitrogens with one attached hydrogen (secondary N) is 2. The number of hydrogen-bond donors (Lipinski definition) is 6. The van der Waals surface area contributed by atoms with Crippen LogP contribution in [0.5, 0.6) is 0 Å². The smallest absolute Gasteiger partial charge is 0.326 e. The highest BCUT2D eigenvalue weighted by atomic mass is 16.4. The van der Waals surface area contributed by atoms with E-state index >= 15 is 0 Å². The molecule has 0 aromatic rings. The van der Waals surface area contributed by atoms with Gasteiger partial charge in [-0.3, -0.25) is 19.2 Å². The lowest BCUT2D eigenvalue weighted by Crippen LogP contribution is -2.55. The molecular weight excluding hydrogens is 338 g/mol. The molecule has 0 aliphatic rings. The van der Waals surface area contributed by atoms with Gasteiger partial charge in [-0.25, -0.2) is 4.79 Å². The third kappa shape index (κ3) is 9.25. The molecule has 0 aliphatic carbocycles. The minimum atomic E-state index is -1.58. The molecule has 2 amide bonds. The molecule has 0 aromatic carbocycles. The first kappa shape index (κ1) is 22.3. The Labute approximate surface area is 143 Å². The molecule has 0 radical (unpaired) electrons. The minimum Gasteiger partial charge on any atom is -0.481 e. The first-order valence-corrected chi connectivity index (χ1v) is 7.46. The number of carboxylic acids is 3. The maximum absolute atomic E-state index is 12.1. The van der Waals surface area contributed by atoms with Crippen LogP contribution < -0.4 is 16.4 Å². The molecule has 0 heterocycles. The van der Waals surface area contributed by atoms with Crippen molar-refractivity contribution in [2.45, 2.75) is 51.2 Å². The van der Waals surface area contributed by atoms with Gasteiger partial charge in [-0.1, -0.05) is 13.8 Å². The minimum absolute atomic E-state index is 0.0575. The highest BCUT2D eigenvalue weighted by Gasteiger charge is 2.30. The maximum Gasteiger partial charge on any atom is 0.326 e. The number of carboxylic acid groups (broad SMARTS) is 3. The van der Waals surface area contributed by atoms with E-state index in [2.05, 4.69) is 5.32 Å². The van der Waals surface area contributed by atoms with Crippen molar-refractivity contribution in [3.8, 4) is 0 Å². The Morgan fingerprint density at radius 1 is 0.840 bits per heavy atom. The Bertz CT molecular complexity index is 534. The van der Waals surface area contributed by atoms with Gasteiger partial charge in [0.05, 0.1) is 18.9 Å². The summed E-state index contributed by atoms with van der Waals surface area (Å²) in [5.74, 6) is -6.15. The van der Waals surface area contributed by atoms with Gasteiger partial charge in [0.25, 0.3) is 0 Å². The van der Waals surface area contributed by atoms with Crippen LogP contribution >= 0.6 is 0 Å². The van der Waals surface area contributed by atoms with Crippen molar-refractivity contribution in [2.24, 2.45) is 11.7 Å². The normalized spacial score (nSPS) is 14.2. The quantitative estimate of drug-likeness (QED) is 0.250. The summed E-state index contributed by atoms with van der Waals surface area (Å²) in [7, 11) is 0. The van der Waals surface area contributed by atoms with E-state index < -0.39 is 60.7 Å². The fourth-order valence-electron chi connectivity index (χ4n) is 1.91. The standard InChI is InChI=1S/C14H23N3O8/c1-6(2)3-9(14(24)25)17-13(23)8(5-11(20)21)16-12(22)7(15)4-10(18)19/h6-9H,3-5,15H2,1-2H3,(H,16,22)(H,17,23)(H,18,19)(H,20,21)(H,24,25)/t7-,8-,9-/m0/s1. The Balaban J connectivity index is 5.08. The van der Waals surface area contributed by atoms with Gasteiger partial charge in [0, 0.05) is 0 Å². The molecule has 0 bridgehead atoms. The van der Waals surface area contributed by atoms with Crippen LogP contribution in [0.2, 0.25) is 0 Å². The van der Waals surface area contributed by atoms with Crippen LogP contribution in [0, 0.1) is 5.92 Å². The molecule has 0 rings (SSSR count). The zero-order valence-electron chi connectivity index (χ0n) is 13.9. The van der Waals surface area contributed by atoms with E-state index in [0.717, 1.165) is 0 Å². The van der Waals surface area contributed by atoms with Crippen molar-refractivity contribution < 1.29 is 39.3 Å². The monoisotopic (exact) mass is 361 g/mol. The Hall–Kier alpha value is -2.69. The van der Waals surface area contributed by atoms with Gasteiger partial charge in [0.15, 0.2) is 0 Å². The summed E-state index contributed by atoms with van der Waals surface area (Å²) >= 11 is 0. The van der Waals surface area contributed by atoms with E-state index in [1.807, 2.05) is 5.32 Å². The second-order valence-electron chi connectivity index (χ2n) is 5.89. The second kappa shape index (κ2) is 10.2. The maximum atomic E-state index is 12.1. The Morgan fingerprint density at radius 3 is 1.72 bits per heavy atom. The van der Waals surface area contributed by atoms with Gasteiger partial charge < -0.3 is 31.7 Å². The molecule has 0 saturated heterocycles. The predicted molar refractivity (Wildman–Crippen MR) is 83.4 cm³/mol. The highest BCUT2D eigenvalue weighted by Crippen LogP contribution is 2.06. The molecule has 0 fully saturated rings. The number of carbonyl (C=O) groups is 5. The van der Waals surface area contributed by atoms with E-state index in [-0.39, 0.29) is 12.3 Å². The van der Waals surface area contributed by atoms with Crippen molar-refractivity contribution in [1.82, 2.24) is 10.6 Å². The molecule has 0 aromatic heterocycles. The number of rotatable bonds is 11. The average molecular weight is 361 g/mol. The number of carbonyl (C=O) groups excluding carboxylic acids is 2. The number of nitrogens with two attached hydrogens (primary N) is 1. The first-order valence-electron chi connectivity index (χ1n) is 7.46. The van der Waals surface area contributed by atoms with E-state index in [4.69, 9.17) is 21.1 Å². The van der Waals surface area contributed by atoms with E-state index in [1.54, 1.807) is 13.8 Å². The van der Waals surface area contributed by atoms with Crippen molar-refractivity contribution in [3.05, 3.63) is 0 Å². The Kier molecular flexibility index (Phi) is 9.13. The average Bonchev–Trinajstić information content (AvgIpc) is 2.43. The fourth-order valence-corrected chi connectivity index (χ4v) is 1.91. The molecular formula is C14H23N3O8. The molecule has 0 aliphatic heterocycles. The van der Waals surface area contributed by atoms with E-state index in [1.165, 1.54) is 0 Å². The summed E-state index contributed by atoms with van der Waals surface area (Å²) < 4.78 is 0. The summed E-state index contributed by atoms with van der Waals surface area (Å²) in [6, 6.07) is -4.32. The largest absolute Gasteiger partial charge is 0.481 e. The van der Waals surface area contributed by atoms with Crippen LogP contribution in [0.3, 0.4) is 0 Å². The SMILES string of the molecule is CC(C)C[C@H](NC(=O)[C@H](CC(=O)O)NC(=O)[C@@H](N)CC(=O)O)C(=O)O. The van der Waals surface area contributed by atoms with Gasteiger partial charge in [-0.15, -0.1) is 0 Å². The third-order valence-corrected chi connectivity index (χ3v) is 3.06. The van der Waals surface area contributed by atoms with Crippen molar-refractivity contribution in [3.63, 3.8) is 0 Å². The first-order chi connectivity index (χ1) is 11.4. The van der Waals surface area contributed by atoms with Gasteiger partial charge >= 0.3 is 17.9 Å². The predicted octanol–water partition coefficient (Wildman–Crippen LogP) is -1.64. The lowest BCUT2D eigenvalue weighted by molar-refractivity contribution is -0.144. The molecule has 7 N–H and O–H groups in total. The van der Waals surface area contributed by atoms with Crippen molar-refractivity contribution >= 4 is 29.7 Å². The van der Waals surface area contributed by atoms with Crippen LogP contribution in [-0.2, 0) is 24.0 Å². The summed E-state index contributed by atoms with van der Waals surface area (Å²) in [6.45, 7) is 3.48. The van der Waals surface area contributed by atoms with Crippen LogP contribution in [0.1, 0.15) is 33.1 Å². The van der Waals surface area contributed by atoms with Crippen LogP contribution in [0.4, 0.5) is 0 Å². The molecule has 0 unspecified atom stereocenters. The van der Waals surface area contributed by atoms with Crippen LogP contribution in [0.25, 0.3) is 0 Å². The van der Waals surface area contributed by atoms with Crippen LogP contribution in [0.15, 0.2) is 0 Å². The highest BCUT2D eigenvalue weighted by molar-refractivity contribution is 5.94. The van der Waals surface area contributed by atoms with E-state index in [9.17, 15) is 24.0 Å². The summed E-state index contributed by atoms with van der Waals surface area (Å²) in [4.78, 5) is 56.5. The van der Waals surface area contributed by atoms with Crippen molar-refractivity contribution in [1.29, 1.82) is 0 Å². The summed E-state index contributed by atoms with van der Waals surface area (Å²) in [6.07, 6.45) is -1.42. The molecule has 11 nitrogen and oxygen atoms in total. The summed E-state index contributed by atoms with van der Waals surface area (Å²) in [5.41, 5.74) is 5.35. The summed E-state index contributed by atoms with van der Waals surface area (Å²) in [5, 5.41) is 30.7. The molecule has 3 atom stereocenters. The van der Waals surface area contributed by atoms with Crippen molar-refractivity contribution in [2.75, 3.05) is 0 Å². The Morgan fingerprint density at radius 2 is 1.32 bits per heavy atom. The molecule has 25 heavy (non-hydrogen) atoms. The number of hydrogen-bond acceptors (Lipinski definition) is 6. The van der Waals surface area contributed by atoms with Gasteiger partial charge in [0.2, 0.25) is 11.8 Å². The number of aliphatic carboxylic acids is 3. The lowest BCUT2D eigenvalue weighted by Gasteiger charge is -2.22. The zero-order chi connectivity index (χ0) is 19.7. The van der Waals surface area contributed by atoms with Gasteiger partial charge in [-0.2, -0.15) is 0 Å².